The average Bonchev–Trinajstić information content (AvgIpc) is 3.09. The predicted octanol–water partition coefficient (Wildman–Crippen LogP) is 8.66. The lowest BCUT2D eigenvalue weighted by molar-refractivity contribution is -0.221. The summed E-state index contributed by atoms with van der Waals surface area (Å²) in [7, 11) is 0. The van der Waals surface area contributed by atoms with E-state index >= 15 is 0 Å². The van der Waals surface area contributed by atoms with Crippen LogP contribution in [0.3, 0.4) is 0 Å². The summed E-state index contributed by atoms with van der Waals surface area (Å²) in [5.74, 6) is -0.505. The lowest BCUT2D eigenvalue weighted by atomic mass is 9.33. The molecular weight excluding hydrogens is 681 g/mol. The number of benzene rings is 1. The van der Waals surface area contributed by atoms with E-state index in [9.17, 15) is 32.7 Å². The topological polar surface area (TPSA) is 87.2 Å². The second kappa shape index (κ2) is 12.8. The molecule has 1 heterocycles. The summed E-state index contributed by atoms with van der Waals surface area (Å²) in [6.45, 7) is 17.6. The molecule has 0 aromatic heterocycles. The zero-order valence-electron chi connectivity index (χ0n) is 32.7. The molecule has 1 N–H and O–H groups in total. The molecule has 6 aliphatic rings. The number of fused-ring (bicyclic) bond motifs is 7. The van der Waals surface area contributed by atoms with E-state index in [-0.39, 0.29) is 40.4 Å². The maximum absolute atomic E-state index is 14.7. The maximum Gasteiger partial charge on any atom is 0.416 e. The Kier molecular flexibility index (Phi) is 9.30. The highest BCUT2D eigenvalue weighted by atomic mass is 19.4. The van der Waals surface area contributed by atoms with E-state index in [4.69, 9.17) is 4.74 Å². The van der Waals surface area contributed by atoms with Crippen molar-refractivity contribution < 1.29 is 37.4 Å². The lowest BCUT2D eigenvalue weighted by Gasteiger charge is -2.70. The fourth-order valence-electron chi connectivity index (χ4n) is 13.2. The minimum Gasteiger partial charge on any atom is -0.481 e. The van der Waals surface area contributed by atoms with Crippen molar-refractivity contribution in [2.75, 3.05) is 37.6 Å². The first-order chi connectivity index (χ1) is 24.7. The standard InChI is InChI=1S/C43H59F3N2O5/c1-26-11-14-38(3)17-18-40(5)30(35(38)27(26)2)24-31(49)36-39(4)15-13-33(42(7,37(51)52)32(39)12-16-41(36,40)6)53-34(50)25-47-19-21-48(22-20-47)29-10-8-9-28(23-29)43(44,45)46/h8-10,23-24,26-27,32-33,35-36H,11-22,25H2,1-7H3,(H,51,52)/t26-,27+,32-,33-,35+,36-,38-,39+,40-,41-,42-/m1/s1. The molecule has 53 heavy (non-hydrogen) atoms. The van der Waals surface area contributed by atoms with Gasteiger partial charge < -0.3 is 14.7 Å². The summed E-state index contributed by atoms with van der Waals surface area (Å²) < 4.78 is 46.0. The first-order valence-electron chi connectivity index (χ1n) is 20.0. The second-order valence-corrected chi connectivity index (χ2v) is 19.2. The molecule has 11 atom stereocenters. The minimum absolute atomic E-state index is 0.0210. The molecule has 7 nitrogen and oxygen atoms in total. The van der Waals surface area contributed by atoms with Crippen LogP contribution in [0.1, 0.15) is 105 Å². The molecule has 7 rings (SSSR count). The number of carboxylic acid groups (broad SMARTS) is 1. The van der Waals surface area contributed by atoms with Crippen molar-refractivity contribution in [1.29, 1.82) is 0 Å². The Labute approximate surface area is 313 Å². The number of aliphatic carboxylic acids is 1. The van der Waals surface area contributed by atoms with Crippen LogP contribution in [0.15, 0.2) is 35.9 Å². The Balaban J connectivity index is 1.08. The van der Waals surface area contributed by atoms with Crippen molar-refractivity contribution in [3.63, 3.8) is 0 Å². The van der Waals surface area contributed by atoms with Gasteiger partial charge in [-0.3, -0.25) is 19.3 Å². The van der Waals surface area contributed by atoms with Crippen molar-refractivity contribution in [1.82, 2.24) is 4.90 Å². The Morgan fingerprint density at radius 2 is 1.62 bits per heavy atom. The molecule has 4 saturated carbocycles. The number of alkyl halides is 3. The summed E-state index contributed by atoms with van der Waals surface area (Å²) in [6.07, 6.45) is 3.77. The SMILES string of the molecule is C[C@H]1[C@H](C)CC[C@]2(C)CC[C@]3(C)C(=CC(=O)[C@@H]4[C@@]5(C)CC[C@@H](OC(=O)CN6CCN(c7cccc(C(F)(F)F)c7)CC6)[C@](C)(C(=O)O)[C@@H]5CC[C@]43C)[C@H]12. The van der Waals surface area contributed by atoms with Crippen LogP contribution in [0.25, 0.3) is 0 Å². The van der Waals surface area contributed by atoms with Gasteiger partial charge >= 0.3 is 18.1 Å². The van der Waals surface area contributed by atoms with Crippen LogP contribution in [0.5, 0.6) is 0 Å². The average molecular weight is 741 g/mol. The fraction of sp³-hybridized carbons (Fsp3) is 0.744. The number of carboxylic acids is 1. The smallest absolute Gasteiger partial charge is 0.416 e. The number of halogens is 3. The molecular formula is C43H59F3N2O5. The van der Waals surface area contributed by atoms with E-state index in [0.717, 1.165) is 31.4 Å². The van der Waals surface area contributed by atoms with E-state index in [1.165, 1.54) is 24.5 Å². The molecule has 0 amide bonds. The van der Waals surface area contributed by atoms with Crippen molar-refractivity contribution in [2.45, 2.75) is 112 Å². The summed E-state index contributed by atoms with van der Waals surface area (Å²) in [5, 5.41) is 11.0. The van der Waals surface area contributed by atoms with Gasteiger partial charge in [0.2, 0.25) is 0 Å². The molecule has 1 aromatic rings. The number of nitrogens with zero attached hydrogens (tertiary/aromatic N) is 2. The Morgan fingerprint density at radius 1 is 0.925 bits per heavy atom. The minimum atomic E-state index is -4.42. The number of rotatable bonds is 5. The Hall–Kier alpha value is -2.88. The molecule has 0 unspecified atom stereocenters. The molecule has 5 aliphatic carbocycles. The van der Waals surface area contributed by atoms with E-state index in [1.54, 1.807) is 13.0 Å². The predicted molar refractivity (Wildman–Crippen MR) is 197 cm³/mol. The zero-order valence-corrected chi connectivity index (χ0v) is 32.7. The second-order valence-electron chi connectivity index (χ2n) is 19.2. The van der Waals surface area contributed by atoms with Crippen LogP contribution < -0.4 is 4.90 Å². The molecule has 1 saturated heterocycles. The van der Waals surface area contributed by atoms with Crippen LogP contribution in [-0.4, -0.2) is 66.6 Å². The van der Waals surface area contributed by atoms with Gasteiger partial charge in [-0.15, -0.1) is 0 Å². The van der Waals surface area contributed by atoms with Gasteiger partial charge in [0, 0.05) is 37.8 Å². The van der Waals surface area contributed by atoms with E-state index in [2.05, 4.69) is 41.5 Å². The summed E-state index contributed by atoms with van der Waals surface area (Å²) in [6, 6.07) is 5.28. The van der Waals surface area contributed by atoms with E-state index < -0.39 is 40.6 Å². The lowest BCUT2D eigenvalue weighted by Crippen LogP contribution is -2.68. The molecule has 1 aromatic carbocycles. The Bertz CT molecular complexity index is 1690. The summed E-state index contributed by atoms with van der Waals surface area (Å²) in [5.41, 5.74) is -1.04. The normalized spacial score (nSPS) is 43.1. The van der Waals surface area contributed by atoms with Gasteiger partial charge in [-0.05, 0) is 128 Å². The van der Waals surface area contributed by atoms with Crippen molar-refractivity contribution in [2.24, 2.45) is 56.7 Å². The van der Waals surface area contributed by atoms with Gasteiger partial charge in [-0.2, -0.15) is 13.2 Å². The number of piperazine rings is 1. The first kappa shape index (κ1) is 38.4. The number of anilines is 1. The quantitative estimate of drug-likeness (QED) is 0.303. The van der Waals surface area contributed by atoms with Gasteiger partial charge in [0.15, 0.2) is 5.78 Å². The number of carbonyl (C=O) groups excluding carboxylic acids is 2. The molecule has 10 heteroatoms. The van der Waals surface area contributed by atoms with Gasteiger partial charge in [0.05, 0.1) is 12.1 Å². The number of esters is 1. The summed E-state index contributed by atoms with van der Waals surface area (Å²) in [4.78, 5) is 45.4. The van der Waals surface area contributed by atoms with E-state index in [0.29, 0.717) is 68.9 Å². The largest absolute Gasteiger partial charge is 0.481 e. The highest BCUT2D eigenvalue weighted by Gasteiger charge is 2.72. The number of ketones is 1. The number of carbonyl (C=O) groups is 3. The third-order valence-corrected chi connectivity index (χ3v) is 16.7. The molecule has 0 bridgehead atoms. The third-order valence-electron chi connectivity index (χ3n) is 16.7. The van der Waals surface area contributed by atoms with Gasteiger partial charge in [0.25, 0.3) is 0 Å². The number of hydrogen-bond acceptors (Lipinski definition) is 6. The monoisotopic (exact) mass is 740 g/mol. The molecule has 0 radical (unpaired) electrons. The molecule has 292 valence electrons. The van der Waals surface area contributed by atoms with Crippen LogP contribution in [0.2, 0.25) is 0 Å². The first-order valence-corrected chi connectivity index (χ1v) is 20.0. The highest BCUT2D eigenvalue weighted by Crippen LogP contribution is 2.75. The van der Waals surface area contributed by atoms with Crippen LogP contribution >= 0.6 is 0 Å². The van der Waals surface area contributed by atoms with Crippen molar-refractivity contribution in [3.05, 3.63) is 41.5 Å². The highest BCUT2D eigenvalue weighted by molar-refractivity contribution is 5.96. The molecule has 5 fully saturated rings. The van der Waals surface area contributed by atoms with Crippen molar-refractivity contribution in [3.8, 4) is 0 Å². The van der Waals surface area contributed by atoms with Crippen LogP contribution in [0.4, 0.5) is 18.9 Å². The zero-order chi connectivity index (χ0) is 38.5. The van der Waals surface area contributed by atoms with Crippen molar-refractivity contribution >= 4 is 23.4 Å². The van der Waals surface area contributed by atoms with Crippen LogP contribution in [-0.2, 0) is 25.3 Å². The van der Waals surface area contributed by atoms with Gasteiger partial charge in [-0.25, -0.2) is 0 Å². The number of allylic oxidation sites excluding steroid dienone is 2. The maximum atomic E-state index is 14.7. The van der Waals surface area contributed by atoms with Gasteiger partial charge in [-0.1, -0.05) is 53.2 Å². The third kappa shape index (κ3) is 5.80. The summed E-state index contributed by atoms with van der Waals surface area (Å²) >= 11 is 0. The van der Waals surface area contributed by atoms with E-state index in [1.807, 2.05) is 15.9 Å². The number of hydrogen-bond donors (Lipinski definition) is 1. The molecule has 0 spiro atoms. The number of ether oxygens (including phenoxy) is 1. The van der Waals surface area contributed by atoms with Crippen LogP contribution in [0, 0.1) is 56.7 Å². The Morgan fingerprint density at radius 3 is 2.28 bits per heavy atom. The molecule has 1 aliphatic heterocycles. The van der Waals surface area contributed by atoms with Gasteiger partial charge in [0.1, 0.15) is 11.5 Å². The fourth-order valence-corrected chi connectivity index (χ4v) is 13.2.